The highest BCUT2D eigenvalue weighted by Gasteiger charge is 2.10. The van der Waals surface area contributed by atoms with Gasteiger partial charge in [-0.1, -0.05) is 19.1 Å². The maximum Gasteiger partial charge on any atom is 0.319 e. The molecule has 2 amide bonds. The van der Waals surface area contributed by atoms with E-state index in [0.29, 0.717) is 5.75 Å². The van der Waals surface area contributed by atoms with Crippen molar-refractivity contribution in [2.24, 2.45) is 0 Å². The summed E-state index contributed by atoms with van der Waals surface area (Å²) >= 11 is 0. The van der Waals surface area contributed by atoms with Gasteiger partial charge in [0.05, 0.1) is 12.8 Å². The lowest BCUT2D eigenvalue weighted by molar-refractivity contribution is 0.249. The molecule has 17 heavy (non-hydrogen) atoms. The van der Waals surface area contributed by atoms with Crippen molar-refractivity contribution < 1.29 is 9.53 Å². The number of anilines is 1. The second kappa shape index (κ2) is 6.13. The van der Waals surface area contributed by atoms with Crippen LogP contribution in [0.4, 0.5) is 10.5 Å². The van der Waals surface area contributed by atoms with E-state index < -0.39 is 0 Å². The van der Waals surface area contributed by atoms with E-state index in [2.05, 4.69) is 10.6 Å². The molecule has 94 valence electrons. The second-order valence-electron chi connectivity index (χ2n) is 4.06. The van der Waals surface area contributed by atoms with Gasteiger partial charge in [0.15, 0.2) is 0 Å². The molecule has 0 fully saturated rings. The molecule has 0 aliphatic heterocycles. The van der Waals surface area contributed by atoms with Crippen LogP contribution in [-0.2, 0) is 0 Å². The van der Waals surface area contributed by atoms with E-state index in [1.54, 1.807) is 7.11 Å². The summed E-state index contributed by atoms with van der Waals surface area (Å²) in [5, 5.41) is 5.67. The van der Waals surface area contributed by atoms with Gasteiger partial charge >= 0.3 is 6.03 Å². The Morgan fingerprint density at radius 2 is 2.18 bits per heavy atom. The fraction of sp³-hybridized carbons (Fsp3) is 0.462. The fourth-order valence-electron chi connectivity index (χ4n) is 1.45. The molecule has 0 spiro atoms. The number of nitrogens with one attached hydrogen (secondary N) is 2. The maximum absolute atomic E-state index is 11.7. The topological polar surface area (TPSA) is 50.4 Å². The highest BCUT2D eigenvalue weighted by molar-refractivity contribution is 5.92. The lowest BCUT2D eigenvalue weighted by Crippen LogP contribution is -2.35. The molecule has 4 heteroatoms. The van der Waals surface area contributed by atoms with E-state index in [1.807, 2.05) is 39.0 Å². The smallest absolute Gasteiger partial charge is 0.319 e. The third-order valence-electron chi connectivity index (χ3n) is 2.68. The molecule has 0 aliphatic rings. The number of benzene rings is 1. The minimum absolute atomic E-state index is 0.157. The van der Waals surface area contributed by atoms with Crippen molar-refractivity contribution in [1.29, 1.82) is 0 Å². The van der Waals surface area contributed by atoms with Crippen molar-refractivity contribution >= 4 is 11.7 Å². The number of urea groups is 1. The van der Waals surface area contributed by atoms with Gasteiger partial charge in [-0.2, -0.15) is 0 Å². The Kier molecular flexibility index (Phi) is 4.82. The van der Waals surface area contributed by atoms with Gasteiger partial charge in [-0.3, -0.25) is 0 Å². The van der Waals surface area contributed by atoms with Crippen LogP contribution in [-0.4, -0.2) is 19.2 Å². The summed E-state index contributed by atoms with van der Waals surface area (Å²) in [5.41, 5.74) is 1.69. The van der Waals surface area contributed by atoms with Gasteiger partial charge in [-0.25, -0.2) is 4.79 Å². The molecular formula is C13H20N2O2. The van der Waals surface area contributed by atoms with Crippen LogP contribution in [0.3, 0.4) is 0 Å². The molecule has 0 saturated carbocycles. The second-order valence-corrected chi connectivity index (χ2v) is 4.06. The summed E-state index contributed by atoms with van der Waals surface area (Å²) < 4.78 is 5.22. The molecule has 0 saturated heterocycles. The number of hydrogen-bond acceptors (Lipinski definition) is 2. The van der Waals surface area contributed by atoms with Crippen molar-refractivity contribution in [2.75, 3.05) is 12.4 Å². The fourth-order valence-corrected chi connectivity index (χ4v) is 1.45. The third kappa shape index (κ3) is 3.66. The van der Waals surface area contributed by atoms with Gasteiger partial charge in [0.1, 0.15) is 5.75 Å². The molecule has 1 aromatic carbocycles. The summed E-state index contributed by atoms with van der Waals surface area (Å²) in [4.78, 5) is 11.7. The Hall–Kier alpha value is -1.71. The Morgan fingerprint density at radius 1 is 1.47 bits per heavy atom. The minimum atomic E-state index is -0.202. The van der Waals surface area contributed by atoms with Crippen LogP contribution >= 0.6 is 0 Å². The number of amides is 2. The number of carbonyl (C=O) groups excluding carboxylic acids is 1. The van der Waals surface area contributed by atoms with E-state index in [0.717, 1.165) is 17.7 Å². The lowest BCUT2D eigenvalue weighted by atomic mass is 10.2. The van der Waals surface area contributed by atoms with Crippen molar-refractivity contribution in [2.45, 2.75) is 33.2 Å². The van der Waals surface area contributed by atoms with Crippen molar-refractivity contribution in [3.05, 3.63) is 23.8 Å². The number of methoxy groups -OCH3 is 1. The Balaban J connectivity index is 2.77. The minimum Gasteiger partial charge on any atom is -0.495 e. The molecule has 1 unspecified atom stereocenters. The summed E-state index contributed by atoms with van der Waals surface area (Å²) in [6, 6.07) is 5.61. The standard InChI is InChI=1S/C13H20N2O2/c1-5-10(3)14-13(16)15-12-9(2)7-6-8-11(12)17-4/h6-8,10H,5H2,1-4H3,(H2,14,15,16). The first-order valence-corrected chi connectivity index (χ1v) is 5.79. The Bertz CT molecular complexity index is 391. The molecular weight excluding hydrogens is 216 g/mol. The van der Waals surface area contributed by atoms with E-state index in [4.69, 9.17) is 4.74 Å². The largest absolute Gasteiger partial charge is 0.495 e. The van der Waals surface area contributed by atoms with Gasteiger partial charge in [-0.15, -0.1) is 0 Å². The average Bonchev–Trinajstić information content (AvgIpc) is 2.31. The third-order valence-corrected chi connectivity index (χ3v) is 2.68. The monoisotopic (exact) mass is 236 g/mol. The summed E-state index contributed by atoms with van der Waals surface area (Å²) in [5.74, 6) is 0.671. The zero-order valence-electron chi connectivity index (χ0n) is 10.8. The van der Waals surface area contributed by atoms with Crippen LogP contribution in [0.5, 0.6) is 5.75 Å². The number of hydrogen-bond donors (Lipinski definition) is 2. The molecule has 0 aliphatic carbocycles. The summed E-state index contributed by atoms with van der Waals surface area (Å²) in [6.07, 6.45) is 0.901. The number of ether oxygens (including phenoxy) is 1. The predicted octanol–water partition coefficient (Wildman–Crippen LogP) is 2.92. The molecule has 1 rings (SSSR count). The van der Waals surface area contributed by atoms with E-state index in [-0.39, 0.29) is 12.1 Å². The van der Waals surface area contributed by atoms with Crippen LogP contribution in [0.2, 0.25) is 0 Å². The summed E-state index contributed by atoms with van der Waals surface area (Å²) in [6.45, 7) is 5.93. The Labute approximate surface area is 102 Å². The highest BCUT2D eigenvalue weighted by atomic mass is 16.5. The molecule has 0 bridgehead atoms. The van der Waals surface area contributed by atoms with Crippen molar-refractivity contribution in [3.8, 4) is 5.75 Å². The quantitative estimate of drug-likeness (QED) is 0.844. The van der Waals surface area contributed by atoms with E-state index in [9.17, 15) is 4.79 Å². The zero-order chi connectivity index (χ0) is 12.8. The average molecular weight is 236 g/mol. The number of para-hydroxylation sites is 1. The van der Waals surface area contributed by atoms with Crippen LogP contribution in [0.25, 0.3) is 0 Å². The molecule has 1 aromatic rings. The van der Waals surface area contributed by atoms with Crippen molar-refractivity contribution in [1.82, 2.24) is 5.32 Å². The SMILES string of the molecule is CCC(C)NC(=O)Nc1c(C)cccc1OC. The molecule has 1 atom stereocenters. The van der Waals surface area contributed by atoms with Gasteiger partial charge < -0.3 is 15.4 Å². The van der Waals surface area contributed by atoms with E-state index >= 15 is 0 Å². The van der Waals surface area contributed by atoms with Crippen LogP contribution in [0, 0.1) is 6.92 Å². The first-order chi connectivity index (χ1) is 8.08. The number of carbonyl (C=O) groups is 1. The predicted molar refractivity (Wildman–Crippen MR) is 69.6 cm³/mol. The Morgan fingerprint density at radius 3 is 2.76 bits per heavy atom. The van der Waals surface area contributed by atoms with Crippen LogP contribution in [0.15, 0.2) is 18.2 Å². The highest BCUT2D eigenvalue weighted by Crippen LogP contribution is 2.27. The zero-order valence-corrected chi connectivity index (χ0v) is 10.8. The van der Waals surface area contributed by atoms with Gasteiger partial charge in [0.25, 0.3) is 0 Å². The molecule has 0 heterocycles. The first kappa shape index (κ1) is 13.4. The van der Waals surface area contributed by atoms with Gasteiger partial charge in [0.2, 0.25) is 0 Å². The molecule has 4 nitrogen and oxygen atoms in total. The lowest BCUT2D eigenvalue weighted by Gasteiger charge is -2.15. The van der Waals surface area contributed by atoms with Crippen LogP contribution < -0.4 is 15.4 Å². The first-order valence-electron chi connectivity index (χ1n) is 5.79. The molecule has 2 N–H and O–H groups in total. The van der Waals surface area contributed by atoms with Gasteiger partial charge in [0, 0.05) is 6.04 Å². The normalized spacial score (nSPS) is 11.8. The van der Waals surface area contributed by atoms with E-state index in [1.165, 1.54) is 0 Å². The molecule has 0 radical (unpaired) electrons. The molecule has 0 aromatic heterocycles. The summed E-state index contributed by atoms with van der Waals surface area (Å²) in [7, 11) is 1.59. The number of aryl methyl sites for hydroxylation is 1. The van der Waals surface area contributed by atoms with Crippen molar-refractivity contribution in [3.63, 3.8) is 0 Å². The van der Waals surface area contributed by atoms with Gasteiger partial charge in [-0.05, 0) is 31.9 Å². The maximum atomic E-state index is 11.7. The van der Waals surface area contributed by atoms with Crippen LogP contribution in [0.1, 0.15) is 25.8 Å². The number of rotatable bonds is 4.